The summed E-state index contributed by atoms with van der Waals surface area (Å²) in [7, 11) is 1.67. The Kier molecular flexibility index (Phi) is 4.54. The van der Waals surface area contributed by atoms with Crippen LogP contribution in [0.2, 0.25) is 0 Å². The van der Waals surface area contributed by atoms with Crippen LogP contribution in [0, 0.1) is 5.92 Å². The molecule has 0 bridgehead atoms. The number of likely N-dealkylation sites (N-methyl/N-ethyl adjacent to an activating group) is 1. The normalized spacial score (nSPS) is 24.9. The summed E-state index contributed by atoms with van der Waals surface area (Å²) in [4.78, 5) is 40.9. The van der Waals surface area contributed by atoms with Crippen LogP contribution in [-0.2, 0) is 4.79 Å². The molecular formula is C19H25N3O3. The smallest absolute Gasteiger partial charge is 0.327 e. The number of nitrogens with zero attached hydrogens (tertiary/aromatic N) is 2. The number of rotatable bonds is 4. The van der Waals surface area contributed by atoms with Crippen molar-refractivity contribution in [1.29, 1.82) is 0 Å². The Morgan fingerprint density at radius 1 is 1.24 bits per heavy atom. The van der Waals surface area contributed by atoms with E-state index in [-0.39, 0.29) is 24.2 Å². The fraction of sp³-hybridized carbons (Fsp3) is 0.526. The maximum atomic E-state index is 13.1. The Balaban J connectivity index is 1.81. The largest absolute Gasteiger partial charge is 0.399 e. The molecule has 2 aliphatic rings. The number of carbonyl (C=O) groups excluding carboxylic acids is 3. The van der Waals surface area contributed by atoms with E-state index >= 15 is 0 Å². The zero-order valence-corrected chi connectivity index (χ0v) is 14.8. The van der Waals surface area contributed by atoms with Gasteiger partial charge < -0.3 is 10.6 Å². The fourth-order valence-corrected chi connectivity index (χ4v) is 4.08. The molecule has 1 aliphatic carbocycles. The van der Waals surface area contributed by atoms with Crippen molar-refractivity contribution in [3.8, 4) is 0 Å². The molecular weight excluding hydrogens is 318 g/mol. The zero-order valence-electron chi connectivity index (χ0n) is 14.8. The van der Waals surface area contributed by atoms with Crippen LogP contribution < -0.4 is 5.73 Å². The number of ketones is 1. The summed E-state index contributed by atoms with van der Waals surface area (Å²) >= 11 is 0. The first-order chi connectivity index (χ1) is 11.9. The first-order valence-corrected chi connectivity index (χ1v) is 8.84. The molecule has 134 valence electrons. The molecule has 3 amide bonds. The van der Waals surface area contributed by atoms with Crippen molar-refractivity contribution >= 4 is 23.4 Å². The summed E-state index contributed by atoms with van der Waals surface area (Å²) in [6.45, 7) is 1.60. The van der Waals surface area contributed by atoms with Crippen molar-refractivity contribution in [2.45, 2.75) is 44.6 Å². The van der Waals surface area contributed by atoms with Gasteiger partial charge in [-0.25, -0.2) is 4.79 Å². The first-order valence-electron chi connectivity index (χ1n) is 8.84. The number of carbonyl (C=O) groups is 3. The molecule has 1 saturated heterocycles. The maximum absolute atomic E-state index is 13.1. The third-order valence-electron chi connectivity index (χ3n) is 5.80. The summed E-state index contributed by atoms with van der Waals surface area (Å²) in [6, 6.07) is 6.20. The van der Waals surface area contributed by atoms with Gasteiger partial charge in [0.1, 0.15) is 5.54 Å². The topological polar surface area (TPSA) is 83.7 Å². The van der Waals surface area contributed by atoms with Crippen molar-refractivity contribution in [2.24, 2.45) is 5.92 Å². The molecule has 2 fully saturated rings. The van der Waals surface area contributed by atoms with Gasteiger partial charge in [0, 0.05) is 18.3 Å². The number of nitrogen functional groups attached to an aromatic ring is 1. The standard InChI is InChI=1S/C19H25N3O3/c1-19(14-8-4-3-5-9-14)17(24)22(18(25)21(19)2)12-16(23)13-7-6-10-15(20)11-13/h6-7,10-11,14H,3-5,8-9,12,20H2,1-2H3. The number of Topliss-reactive ketones (excluding diaryl/α,β-unsaturated/α-hetero) is 1. The SMILES string of the molecule is CN1C(=O)N(CC(=O)c2cccc(N)c2)C(=O)C1(C)C1CCCCC1. The van der Waals surface area contributed by atoms with Crippen LogP contribution in [0.25, 0.3) is 0 Å². The van der Waals surface area contributed by atoms with Gasteiger partial charge in [0.25, 0.3) is 5.91 Å². The van der Waals surface area contributed by atoms with Crippen LogP contribution in [0.1, 0.15) is 49.4 Å². The van der Waals surface area contributed by atoms with E-state index in [2.05, 4.69) is 0 Å². The first kappa shape index (κ1) is 17.5. The van der Waals surface area contributed by atoms with Gasteiger partial charge >= 0.3 is 6.03 Å². The molecule has 0 aromatic heterocycles. The van der Waals surface area contributed by atoms with Crippen LogP contribution >= 0.6 is 0 Å². The summed E-state index contributed by atoms with van der Waals surface area (Å²) in [5, 5.41) is 0. The number of nitrogens with two attached hydrogens (primary N) is 1. The highest BCUT2D eigenvalue weighted by Gasteiger charge is 2.56. The van der Waals surface area contributed by atoms with Crippen LogP contribution in [-0.4, -0.2) is 46.7 Å². The third kappa shape index (κ3) is 2.90. The Morgan fingerprint density at radius 3 is 2.56 bits per heavy atom. The van der Waals surface area contributed by atoms with E-state index in [4.69, 9.17) is 5.73 Å². The molecule has 0 spiro atoms. The molecule has 3 rings (SSSR count). The predicted molar refractivity (Wildman–Crippen MR) is 95.0 cm³/mol. The molecule has 1 aromatic carbocycles. The zero-order chi connectivity index (χ0) is 18.2. The van der Waals surface area contributed by atoms with Gasteiger partial charge in [-0.05, 0) is 37.8 Å². The minimum Gasteiger partial charge on any atom is -0.399 e. The molecule has 1 unspecified atom stereocenters. The van der Waals surface area contributed by atoms with E-state index < -0.39 is 11.6 Å². The van der Waals surface area contributed by atoms with E-state index in [0.29, 0.717) is 11.3 Å². The number of benzene rings is 1. The summed E-state index contributed by atoms with van der Waals surface area (Å²) in [5.41, 5.74) is 5.75. The van der Waals surface area contributed by atoms with Crippen molar-refractivity contribution in [2.75, 3.05) is 19.3 Å². The summed E-state index contributed by atoms with van der Waals surface area (Å²) < 4.78 is 0. The minimum absolute atomic E-state index is 0.148. The van der Waals surface area contributed by atoms with E-state index in [0.717, 1.165) is 30.6 Å². The number of hydrogen-bond acceptors (Lipinski definition) is 4. The van der Waals surface area contributed by atoms with Gasteiger partial charge in [0.05, 0.1) is 6.54 Å². The quantitative estimate of drug-likeness (QED) is 0.517. The molecule has 1 aromatic rings. The van der Waals surface area contributed by atoms with Crippen molar-refractivity contribution in [1.82, 2.24) is 9.80 Å². The summed E-state index contributed by atoms with van der Waals surface area (Å²) in [6.07, 6.45) is 5.22. The molecule has 1 saturated carbocycles. The number of urea groups is 1. The second-order valence-corrected chi connectivity index (χ2v) is 7.26. The maximum Gasteiger partial charge on any atom is 0.327 e. The Bertz CT molecular complexity index is 712. The highest BCUT2D eigenvalue weighted by molar-refractivity contribution is 6.11. The Morgan fingerprint density at radius 2 is 1.92 bits per heavy atom. The molecule has 2 N–H and O–H groups in total. The molecule has 1 heterocycles. The molecule has 1 aliphatic heterocycles. The summed E-state index contributed by atoms with van der Waals surface area (Å²) in [5.74, 6) is -0.394. The average Bonchev–Trinajstić information content (AvgIpc) is 2.78. The lowest BCUT2D eigenvalue weighted by atomic mass is 9.75. The van der Waals surface area contributed by atoms with Gasteiger partial charge in [-0.3, -0.25) is 14.5 Å². The van der Waals surface area contributed by atoms with E-state index in [1.54, 1.807) is 31.3 Å². The van der Waals surface area contributed by atoms with Crippen LogP contribution in [0.15, 0.2) is 24.3 Å². The van der Waals surface area contributed by atoms with E-state index in [1.807, 2.05) is 6.92 Å². The second-order valence-electron chi connectivity index (χ2n) is 7.26. The second kappa shape index (κ2) is 6.50. The highest BCUT2D eigenvalue weighted by atomic mass is 16.2. The van der Waals surface area contributed by atoms with E-state index in [1.165, 1.54) is 11.3 Å². The number of hydrogen-bond donors (Lipinski definition) is 1. The Hall–Kier alpha value is -2.37. The van der Waals surface area contributed by atoms with Gasteiger partial charge in [-0.1, -0.05) is 31.4 Å². The lowest BCUT2D eigenvalue weighted by Crippen LogP contribution is -2.52. The van der Waals surface area contributed by atoms with Crippen molar-refractivity contribution < 1.29 is 14.4 Å². The van der Waals surface area contributed by atoms with E-state index in [9.17, 15) is 14.4 Å². The van der Waals surface area contributed by atoms with Crippen LogP contribution in [0.5, 0.6) is 0 Å². The monoisotopic (exact) mass is 343 g/mol. The van der Waals surface area contributed by atoms with Crippen LogP contribution in [0.3, 0.4) is 0 Å². The van der Waals surface area contributed by atoms with Gasteiger partial charge in [0.2, 0.25) is 0 Å². The number of imide groups is 1. The Labute approximate surface area is 148 Å². The third-order valence-corrected chi connectivity index (χ3v) is 5.80. The van der Waals surface area contributed by atoms with Gasteiger partial charge in [0.15, 0.2) is 5.78 Å². The van der Waals surface area contributed by atoms with Gasteiger partial charge in [-0.15, -0.1) is 0 Å². The fourth-order valence-electron chi connectivity index (χ4n) is 4.08. The highest BCUT2D eigenvalue weighted by Crippen LogP contribution is 2.40. The number of anilines is 1. The molecule has 6 heteroatoms. The minimum atomic E-state index is -0.854. The average molecular weight is 343 g/mol. The molecule has 0 radical (unpaired) electrons. The molecule has 1 atom stereocenters. The number of amides is 3. The molecule has 6 nitrogen and oxygen atoms in total. The van der Waals surface area contributed by atoms with Crippen molar-refractivity contribution in [3.05, 3.63) is 29.8 Å². The van der Waals surface area contributed by atoms with Crippen molar-refractivity contribution in [3.63, 3.8) is 0 Å². The lowest BCUT2D eigenvalue weighted by Gasteiger charge is -2.38. The van der Waals surface area contributed by atoms with Crippen LogP contribution in [0.4, 0.5) is 10.5 Å². The lowest BCUT2D eigenvalue weighted by molar-refractivity contribution is -0.135. The predicted octanol–water partition coefficient (Wildman–Crippen LogP) is 2.68. The van der Waals surface area contributed by atoms with Gasteiger partial charge in [-0.2, -0.15) is 0 Å². The molecule has 25 heavy (non-hydrogen) atoms.